The number of carbonyl (C=O) groups excluding carboxylic acids is 2. The van der Waals surface area contributed by atoms with Crippen LogP contribution in [0, 0.1) is 23.7 Å². The normalized spacial score (nSPS) is 26.0. The fourth-order valence-electron chi connectivity index (χ4n) is 5.11. The van der Waals surface area contributed by atoms with Gasteiger partial charge in [0, 0.05) is 4.88 Å². The predicted molar refractivity (Wildman–Crippen MR) is 110 cm³/mol. The largest absolute Gasteiger partial charge is 0.481 e. The smallest absolute Gasteiger partial charge is 0.307 e. The number of rotatable bonds is 6. The van der Waals surface area contributed by atoms with Crippen LogP contribution in [0.5, 0.6) is 0 Å². The number of carboxylic acid groups (broad SMARTS) is 1. The maximum Gasteiger partial charge on any atom is 0.307 e. The maximum absolute atomic E-state index is 13.1. The van der Waals surface area contributed by atoms with Gasteiger partial charge in [-0.05, 0) is 55.2 Å². The lowest BCUT2D eigenvalue weighted by Gasteiger charge is -2.23. The third-order valence-corrected chi connectivity index (χ3v) is 7.64. The highest BCUT2D eigenvalue weighted by Gasteiger charge is 2.51. The Kier molecular flexibility index (Phi) is 4.73. The first-order valence-electron chi connectivity index (χ1n) is 10.2. The average molecular weight is 426 g/mol. The van der Waals surface area contributed by atoms with E-state index in [-0.39, 0.29) is 30.2 Å². The Bertz CT molecular complexity index is 1040. The number of hydrogen-bond acceptors (Lipinski definition) is 5. The molecular weight excluding hydrogens is 404 g/mol. The minimum atomic E-state index is -0.933. The monoisotopic (exact) mass is 426 g/mol. The van der Waals surface area contributed by atoms with Crippen LogP contribution in [0.25, 0.3) is 0 Å². The minimum absolute atomic E-state index is 0.0564. The number of aryl methyl sites for hydroxylation is 1. The summed E-state index contributed by atoms with van der Waals surface area (Å²) in [6, 6.07) is 3.55. The number of anilines is 1. The van der Waals surface area contributed by atoms with Crippen molar-refractivity contribution in [2.45, 2.75) is 32.2 Å². The molecule has 2 aromatic rings. The summed E-state index contributed by atoms with van der Waals surface area (Å²) in [6.07, 6.45) is 8.82. The van der Waals surface area contributed by atoms with Crippen LogP contribution >= 0.6 is 11.3 Å². The van der Waals surface area contributed by atoms with E-state index >= 15 is 0 Å². The lowest BCUT2D eigenvalue weighted by molar-refractivity contribution is -0.146. The summed E-state index contributed by atoms with van der Waals surface area (Å²) >= 11 is 1.44. The third kappa shape index (κ3) is 3.15. The molecule has 3 aliphatic carbocycles. The molecule has 0 radical (unpaired) electrons. The summed E-state index contributed by atoms with van der Waals surface area (Å²) in [5, 5.41) is 16.0. The number of aliphatic carboxylic acids is 1. The lowest BCUT2D eigenvalue weighted by atomic mass is 9.82. The Labute approximate surface area is 177 Å². The number of thiophene rings is 1. The Balaban J connectivity index is 1.38. The molecule has 1 saturated carbocycles. The summed E-state index contributed by atoms with van der Waals surface area (Å²) in [4.78, 5) is 39.0. The van der Waals surface area contributed by atoms with Crippen molar-refractivity contribution in [3.8, 4) is 0 Å². The van der Waals surface area contributed by atoms with Crippen LogP contribution in [0.1, 0.15) is 39.4 Å². The number of carbonyl (C=O) groups is 3. The van der Waals surface area contributed by atoms with E-state index in [1.54, 1.807) is 18.4 Å². The number of carboxylic acids is 1. The first-order chi connectivity index (χ1) is 14.5. The molecule has 30 heavy (non-hydrogen) atoms. The second kappa shape index (κ2) is 7.43. The molecular formula is C22H22N2O5S. The fraction of sp³-hybridized carbons (Fsp3) is 0.409. The van der Waals surface area contributed by atoms with Crippen LogP contribution in [0.2, 0.25) is 0 Å². The summed E-state index contributed by atoms with van der Waals surface area (Å²) in [5.74, 6) is -2.29. The van der Waals surface area contributed by atoms with Gasteiger partial charge < -0.3 is 20.2 Å². The van der Waals surface area contributed by atoms with Gasteiger partial charge in [0.2, 0.25) is 5.91 Å². The fourth-order valence-corrected chi connectivity index (χ4v) is 6.40. The number of hydrogen-bond donors (Lipinski definition) is 3. The highest BCUT2D eigenvalue weighted by Crippen LogP contribution is 2.49. The topological polar surface area (TPSA) is 109 Å². The zero-order valence-corrected chi connectivity index (χ0v) is 17.0. The Morgan fingerprint density at radius 1 is 1.17 bits per heavy atom. The number of allylic oxidation sites excluding steroid dienone is 2. The Morgan fingerprint density at radius 3 is 2.70 bits per heavy atom. The molecule has 0 saturated heterocycles. The van der Waals surface area contributed by atoms with Gasteiger partial charge in [-0.1, -0.05) is 12.2 Å². The van der Waals surface area contributed by atoms with Crippen molar-refractivity contribution < 1.29 is 23.9 Å². The third-order valence-electron chi connectivity index (χ3n) is 6.44. The highest BCUT2D eigenvalue weighted by atomic mass is 32.1. The van der Waals surface area contributed by atoms with Gasteiger partial charge in [-0.2, -0.15) is 0 Å². The van der Waals surface area contributed by atoms with Gasteiger partial charge in [0.15, 0.2) is 0 Å². The van der Waals surface area contributed by atoms with Gasteiger partial charge in [0.1, 0.15) is 10.8 Å². The van der Waals surface area contributed by atoms with Crippen molar-refractivity contribution in [3.05, 3.63) is 52.3 Å². The SMILES string of the molecule is O=C(NCc1ccco1)c1c(NC(=O)[C@H]2[C@H](C(=O)O)[C@H]3C=C[C@H]2C3)sc2c1CCC2. The summed E-state index contributed by atoms with van der Waals surface area (Å²) < 4.78 is 5.27. The van der Waals surface area contributed by atoms with Crippen LogP contribution < -0.4 is 10.6 Å². The van der Waals surface area contributed by atoms with Gasteiger partial charge in [-0.25, -0.2) is 0 Å². The second-order valence-corrected chi connectivity index (χ2v) is 9.26. The van der Waals surface area contributed by atoms with Crippen LogP contribution in [-0.2, 0) is 29.0 Å². The van der Waals surface area contributed by atoms with Gasteiger partial charge >= 0.3 is 5.97 Å². The number of amides is 2. The van der Waals surface area contributed by atoms with Crippen LogP contribution in [-0.4, -0.2) is 22.9 Å². The highest BCUT2D eigenvalue weighted by molar-refractivity contribution is 7.17. The second-order valence-electron chi connectivity index (χ2n) is 8.15. The lowest BCUT2D eigenvalue weighted by Crippen LogP contribution is -2.36. The standard InChI is InChI=1S/C22H22N2O5S/c25-19(23-10-13-3-2-8-29-13)18-14-4-1-5-15(14)30-21(18)24-20(26)16-11-6-7-12(9-11)17(16)22(27)28/h2-3,6-8,11-12,16-17H,1,4-5,9-10H2,(H,23,25)(H,24,26)(H,27,28)/t11-,12-,16+,17+/m0/s1. The maximum atomic E-state index is 13.1. The molecule has 3 N–H and O–H groups in total. The average Bonchev–Trinajstić information content (AvgIpc) is 3.51. The molecule has 3 aliphatic rings. The Morgan fingerprint density at radius 2 is 1.97 bits per heavy atom. The van der Waals surface area contributed by atoms with Crippen LogP contribution in [0.3, 0.4) is 0 Å². The molecule has 2 heterocycles. The van der Waals surface area contributed by atoms with Crippen LogP contribution in [0.15, 0.2) is 35.0 Å². The zero-order chi connectivity index (χ0) is 20.8. The van der Waals surface area contributed by atoms with E-state index in [9.17, 15) is 19.5 Å². The molecule has 0 aromatic carbocycles. The van der Waals surface area contributed by atoms with E-state index in [1.807, 2.05) is 12.2 Å². The molecule has 0 spiro atoms. The molecule has 8 heteroatoms. The van der Waals surface area contributed by atoms with Gasteiger partial charge in [-0.3, -0.25) is 14.4 Å². The van der Waals surface area contributed by atoms with Crippen molar-refractivity contribution in [1.82, 2.24) is 5.32 Å². The quantitative estimate of drug-likeness (QED) is 0.615. The van der Waals surface area contributed by atoms with E-state index in [0.717, 1.165) is 29.7 Å². The Hall–Kier alpha value is -2.87. The zero-order valence-electron chi connectivity index (χ0n) is 16.2. The molecule has 5 rings (SSSR count). The molecule has 1 fully saturated rings. The molecule has 2 bridgehead atoms. The van der Waals surface area contributed by atoms with Crippen LogP contribution in [0.4, 0.5) is 5.00 Å². The first kappa shape index (κ1) is 19.1. The molecule has 156 valence electrons. The van der Waals surface area contributed by atoms with Gasteiger partial charge in [0.05, 0.1) is 30.2 Å². The van der Waals surface area contributed by atoms with Crippen molar-refractivity contribution in [1.29, 1.82) is 0 Å². The van der Waals surface area contributed by atoms with Crippen molar-refractivity contribution in [2.24, 2.45) is 23.7 Å². The van der Waals surface area contributed by atoms with Crippen molar-refractivity contribution in [3.63, 3.8) is 0 Å². The van der Waals surface area contributed by atoms with E-state index < -0.39 is 17.8 Å². The molecule has 7 nitrogen and oxygen atoms in total. The molecule has 2 amide bonds. The summed E-state index contributed by atoms with van der Waals surface area (Å²) in [5.41, 5.74) is 1.51. The molecule has 0 aliphatic heterocycles. The molecule has 2 aromatic heterocycles. The summed E-state index contributed by atoms with van der Waals surface area (Å²) in [7, 11) is 0. The molecule has 0 unspecified atom stereocenters. The first-order valence-corrected chi connectivity index (χ1v) is 11.0. The van der Waals surface area contributed by atoms with E-state index in [0.29, 0.717) is 22.7 Å². The van der Waals surface area contributed by atoms with E-state index in [2.05, 4.69) is 10.6 Å². The van der Waals surface area contributed by atoms with Gasteiger partial charge in [-0.15, -0.1) is 11.3 Å². The van der Waals surface area contributed by atoms with Crippen molar-refractivity contribution >= 4 is 34.1 Å². The number of fused-ring (bicyclic) bond motifs is 3. The summed E-state index contributed by atoms with van der Waals surface area (Å²) in [6.45, 7) is 0.266. The van der Waals surface area contributed by atoms with E-state index in [4.69, 9.17) is 4.42 Å². The number of nitrogens with one attached hydrogen (secondary N) is 2. The molecule has 4 atom stereocenters. The van der Waals surface area contributed by atoms with Crippen molar-refractivity contribution in [2.75, 3.05) is 5.32 Å². The van der Waals surface area contributed by atoms with Gasteiger partial charge in [0.25, 0.3) is 5.91 Å². The minimum Gasteiger partial charge on any atom is -0.481 e. The predicted octanol–water partition coefficient (Wildman–Crippen LogP) is 3.22. The number of furan rings is 1. The van der Waals surface area contributed by atoms with E-state index in [1.165, 1.54) is 11.3 Å².